The van der Waals surface area contributed by atoms with E-state index in [1.54, 1.807) is 6.07 Å². The number of anilines is 1. The summed E-state index contributed by atoms with van der Waals surface area (Å²) >= 11 is 9.63. The van der Waals surface area contributed by atoms with E-state index in [9.17, 15) is 4.79 Å². The highest BCUT2D eigenvalue weighted by molar-refractivity contribution is 9.09. The molecule has 6 heteroatoms. The normalized spacial score (nSPS) is 18.1. The summed E-state index contributed by atoms with van der Waals surface area (Å²) in [5.41, 5.74) is 0.789. The van der Waals surface area contributed by atoms with E-state index in [1.807, 2.05) is 32.9 Å². The number of esters is 1. The van der Waals surface area contributed by atoms with E-state index < -0.39 is 11.7 Å². The van der Waals surface area contributed by atoms with Crippen molar-refractivity contribution in [3.05, 3.63) is 23.2 Å². The molecule has 0 spiro atoms. The Balaban J connectivity index is 2.22. The van der Waals surface area contributed by atoms with Gasteiger partial charge in [-0.1, -0.05) is 41.4 Å². The number of rotatable bonds is 6. The average Bonchev–Trinajstić information content (AvgIpc) is 2.53. The van der Waals surface area contributed by atoms with Crippen LogP contribution in [0.1, 0.15) is 53.9 Å². The third kappa shape index (κ3) is 6.86. The number of piperidine rings is 1. The fraction of sp³-hybridized carbons (Fsp3) is 0.667. The van der Waals surface area contributed by atoms with Crippen molar-refractivity contribution in [2.24, 2.45) is 5.41 Å². The van der Waals surface area contributed by atoms with E-state index in [4.69, 9.17) is 21.1 Å². The Labute approximate surface area is 176 Å². The Morgan fingerprint density at radius 3 is 2.48 bits per heavy atom. The molecule has 0 bridgehead atoms. The number of halogens is 2. The first-order valence-electron chi connectivity index (χ1n) is 9.51. The molecule has 1 atom stereocenters. The minimum atomic E-state index is -0.679. The van der Waals surface area contributed by atoms with Gasteiger partial charge >= 0.3 is 5.97 Å². The number of benzene rings is 1. The van der Waals surface area contributed by atoms with Gasteiger partial charge in [-0.3, -0.25) is 0 Å². The molecule has 1 saturated heterocycles. The summed E-state index contributed by atoms with van der Waals surface area (Å²) in [4.78, 5) is 14.9. The second-order valence-electron chi connectivity index (χ2n) is 8.88. The zero-order valence-corrected chi connectivity index (χ0v) is 19.3. The van der Waals surface area contributed by atoms with Crippen LogP contribution < -0.4 is 9.64 Å². The van der Waals surface area contributed by atoms with Gasteiger partial charge in [-0.25, -0.2) is 4.79 Å². The van der Waals surface area contributed by atoms with Gasteiger partial charge in [-0.2, -0.15) is 0 Å². The van der Waals surface area contributed by atoms with Gasteiger partial charge < -0.3 is 14.4 Å². The summed E-state index contributed by atoms with van der Waals surface area (Å²) in [6.07, 6.45) is 2.08. The molecule has 1 fully saturated rings. The first-order valence-corrected chi connectivity index (χ1v) is 11.0. The molecule has 0 saturated carbocycles. The van der Waals surface area contributed by atoms with E-state index >= 15 is 0 Å². The number of alkyl halides is 1. The Hall–Kier alpha value is -0.940. The van der Waals surface area contributed by atoms with E-state index in [2.05, 4.69) is 34.7 Å². The molecule has 1 heterocycles. The summed E-state index contributed by atoms with van der Waals surface area (Å²) < 4.78 is 11.7. The first-order chi connectivity index (χ1) is 12.5. The quantitative estimate of drug-likeness (QED) is 0.395. The number of nitrogens with zero attached hydrogens (tertiary/aromatic N) is 1. The zero-order chi connectivity index (χ0) is 20.2. The Bertz CT molecular complexity index is 647. The Morgan fingerprint density at radius 2 is 1.93 bits per heavy atom. The van der Waals surface area contributed by atoms with Crippen LogP contribution in [-0.4, -0.2) is 36.1 Å². The summed E-state index contributed by atoms with van der Waals surface area (Å²) in [6.45, 7) is 12.1. The van der Waals surface area contributed by atoms with Crippen molar-refractivity contribution >= 4 is 39.2 Å². The van der Waals surface area contributed by atoms with Crippen LogP contribution in [0.2, 0.25) is 5.02 Å². The largest absolute Gasteiger partial charge is 0.476 e. The lowest BCUT2D eigenvalue weighted by Gasteiger charge is -2.39. The molecule has 1 aliphatic rings. The van der Waals surface area contributed by atoms with Crippen LogP contribution >= 0.6 is 27.5 Å². The smallest absolute Gasteiger partial charge is 0.347 e. The molecule has 1 unspecified atom stereocenters. The molecule has 0 radical (unpaired) electrons. The highest BCUT2D eigenvalue weighted by Crippen LogP contribution is 2.38. The number of carbonyl (C=O) groups excluding carboxylic acids is 1. The average molecular weight is 461 g/mol. The standard InChI is InChI=1S/C21H31BrClNO3/c1-20(2,3)27-19(25)17(8-11-22)26-18-14-15(23)6-7-16(18)24-12-9-21(4,5)10-13-24/h6-7,14,17H,8-13H2,1-5H3. The number of carbonyl (C=O) groups is 1. The zero-order valence-electron chi connectivity index (χ0n) is 17.0. The minimum Gasteiger partial charge on any atom is -0.476 e. The van der Waals surface area contributed by atoms with Gasteiger partial charge in [0.05, 0.1) is 5.69 Å². The van der Waals surface area contributed by atoms with Gasteiger partial charge in [0.2, 0.25) is 0 Å². The van der Waals surface area contributed by atoms with Gasteiger partial charge in [-0.15, -0.1) is 0 Å². The third-order valence-electron chi connectivity index (χ3n) is 4.69. The lowest BCUT2D eigenvalue weighted by atomic mass is 9.82. The molecule has 2 rings (SSSR count). The molecular weight excluding hydrogens is 430 g/mol. The lowest BCUT2D eigenvalue weighted by Crippen LogP contribution is -2.38. The van der Waals surface area contributed by atoms with Crippen LogP contribution in [0.3, 0.4) is 0 Å². The van der Waals surface area contributed by atoms with E-state index in [0.717, 1.165) is 31.6 Å². The van der Waals surface area contributed by atoms with Crippen molar-refractivity contribution in [2.75, 3.05) is 23.3 Å². The molecule has 4 nitrogen and oxygen atoms in total. The van der Waals surface area contributed by atoms with Crippen molar-refractivity contribution in [1.29, 1.82) is 0 Å². The van der Waals surface area contributed by atoms with Gasteiger partial charge in [0, 0.05) is 35.9 Å². The fourth-order valence-corrected chi connectivity index (χ4v) is 3.62. The first kappa shape index (κ1) is 22.4. The van der Waals surface area contributed by atoms with Crippen molar-refractivity contribution in [3.63, 3.8) is 0 Å². The van der Waals surface area contributed by atoms with Crippen molar-refractivity contribution in [3.8, 4) is 5.75 Å². The number of ether oxygens (including phenoxy) is 2. The highest BCUT2D eigenvalue weighted by Gasteiger charge is 2.30. The van der Waals surface area contributed by atoms with Crippen LogP contribution in [0.15, 0.2) is 18.2 Å². The predicted molar refractivity (Wildman–Crippen MR) is 115 cm³/mol. The Kier molecular flexibility index (Phi) is 7.48. The molecular formula is C21H31BrClNO3. The van der Waals surface area contributed by atoms with Crippen molar-refractivity contribution in [1.82, 2.24) is 0 Å². The fourth-order valence-electron chi connectivity index (χ4n) is 3.04. The van der Waals surface area contributed by atoms with Gasteiger partial charge in [0.1, 0.15) is 11.4 Å². The number of hydrogen-bond donors (Lipinski definition) is 0. The highest BCUT2D eigenvalue weighted by atomic mass is 79.9. The SMILES string of the molecule is CC1(C)CCN(c2ccc(Cl)cc2OC(CCBr)C(=O)OC(C)(C)C)CC1. The van der Waals surface area contributed by atoms with Crippen LogP contribution in [0.4, 0.5) is 5.69 Å². The van der Waals surface area contributed by atoms with Crippen LogP contribution in [0.25, 0.3) is 0 Å². The molecule has 1 aliphatic heterocycles. The second-order valence-corrected chi connectivity index (χ2v) is 10.1. The van der Waals surface area contributed by atoms with E-state index in [1.165, 1.54) is 0 Å². The molecule has 152 valence electrons. The van der Waals surface area contributed by atoms with E-state index in [-0.39, 0.29) is 5.97 Å². The van der Waals surface area contributed by atoms with E-state index in [0.29, 0.717) is 27.9 Å². The van der Waals surface area contributed by atoms with Crippen molar-refractivity contribution in [2.45, 2.75) is 65.6 Å². The molecule has 0 N–H and O–H groups in total. The number of hydrogen-bond acceptors (Lipinski definition) is 4. The van der Waals surface area contributed by atoms with Gasteiger partial charge in [0.15, 0.2) is 6.10 Å². The van der Waals surface area contributed by atoms with Gasteiger partial charge in [0.25, 0.3) is 0 Å². The molecule has 0 aliphatic carbocycles. The monoisotopic (exact) mass is 459 g/mol. The van der Waals surface area contributed by atoms with Crippen LogP contribution in [-0.2, 0) is 9.53 Å². The Morgan fingerprint density at radius 1 is 1.30 bits per heavy atom. The predicted octanol–water partition coefficient (Wildman–Crippen LogP) is 5.84. The van der Waals surface area contributed by atoms with Crippen molar-refractivity contribution < 1.29 is 14.3 Å². The second kappa shape index (κ2) is 9.04. The molecule has 1 aromatic carbocycles. The maximum atomic E-state index is 12.6. The molecule has 1 aromatic rings. The third-order valence-corrected chi connectivity index (χ3v) is 5.38. The summed E-state index contributed by atoms with van der Waals surface area (Å²) in [6, 6.07) is 5.65. The van der Waals surface area contributed by atoms with Crippen LogP contribution in [0, 0.1) is 5.41 Å². The van der Waals surface area contributed by atoms with Crippen LogP contribution in [0.5, 0.6) is 5.75 Å². The van der Waals surface area contributed by atoms with Gasteiger partial charge in [-0.05, 0) is 51.2 Å². The summed E-state index contributed by atoms with van der Waals surface area (Å²) in [5.74, 6) is 0.284. The maximum absolute atomic E-state index is 12.6. The molecule has 0 amide bonds. The lowest BCUT2D eigenvalue weighted by molar-refractivity contribution is -0.163. The maximum Gasteiger partial charge on any atom is 0.347 e. The molecule has 0 aromatic heterocycles. The molecule has 27 heavy (non-hydrogen) atoms. The summed E-state index contributed by atoms with van der Waals surface area (Å²) in [7, 11) is 0. The topological polar surface area (TPSA) is 38.8 Å². The minimum absolute atomic E-state index is 0.354. The summed E-state index contributed by atoms with van der Waals surface area (Å²) in [5, 5.41) is 1.23.